The van der Waals surface area contributed by atoms with Crippen molar-refractivity contribution in [3.8, 4) is 17.1 Å². The van der Waals surface area contributed by atoms with Crippen molar-refractivity contribution in [1.29, 1.82) is 0 Å². The smallest absolute Gasteiger partial charge is 0.230 e. The lowest BCUT2D eigenvalue weighted by molar-refractivity contribution is -0.118. The van der Waals surface area contributed by atoms with Crippen LogP contribution in [0.1, 0.15) is 19.8 Å². The van der Waals surface area contributed by atoms with Crippen LogP contribution in [0.4, 0.5) is 0 Å². The molecule has 4 rings (SSSR count). The van der Waals surface area contributed by atoms with Crippen LogP contribution < -0.4 is 5.32 Å². The van der Waals surface area contributed by atoms with E-state index in [1.807, 2.05) is 65.2 Å². The third-order valence-corrected chi connectivity index (χ3v) is 6.43. The number of carbonyl (C=O) groups is 1. The van der Waals surface area contributed by atoms with E-state index in [0.717, 1.165) is 42.6 Å². The van der Waals surface area contributed by atoms with E-state index in [9.17, 15) is 4.79 Å². The minimum atomic E-state index is 0.0268. The molecule has 1 saturated heterocycles. The number of likely N-dealkylation sites (tertiary alicyclic amines) is 1. The van der Waals surface area contributed by atoms with Gasteiger partial charge >= 0.3 is 0 Å². The molecule has 2 heterocycles. The van der Waals surface area contributed by atoms with Gasteiger partial charge in [-0.25, -0.2) is 0 Å². The van der Waals surface area contributed by atoms with Gasteiger partial charge in [-0.1, -0.05) is 67.2 Å². The number of hydrogen-bond donors (Lipinski definition) is 1. The van der Waals surface area contributed by atoms with Crippen LogP contribution in [0.5, 0.6) is 0 Å². The summed E-state index contributed by atoms with van der Waals surface area (Å²) in [5.41, 5.74) is 1.97. The van der Waals surface area contributed by atoms with Crippen molar-refractivity contribution in [2.24, 2.45) is 5.92 Å². The highest BCUT2D eigenvalue weighted by atomic mass is 32.2. The Labute approximate surface area is 188 Å². The summed E-state index contributed by atoms with van der Waals surface area (Å²) in [5.74, 6) is 1.87. The molecule has 0 saturated carbocycles. The standard InChI is InChI=1S/C24H29N5OS/c1-19-9-8-15-28(17-19)16-14-25-22(30)18-31-24-27-26-23(20-10-4-2-5-11-20)29(24)21-12-6-3-7-13-21/h2-7,10-13,19H,8-9,14-18H2,1H3,(H,25,30). The normalized spacial score (nSPS) is 16.9. The first kappa shape index (κ1) is 21.6. The Kier molecular flexibility index (Phi) is 7.38. The summed E-state index contributed by atoms with van der Waals surface area (Å²) in [6, 6.07) is 20.0. The molecule has 162 valence electrons. The molecule has 2 aromatic carbocycles. The van der Waals surface area contributed by atoms with E-state index in [2.05, 4.69) is 27.3 Å². The fraction of sp³-hybridized carbons (Fsp3) is 0.375. The maximum Gasteiger partial charge on any atom is 0.230 e. The monoisotopic (exact) mass is 435 g/mol. The first-order chi connectivity index (χ1) is 15.2. The van der Waals surface area contributed by atoms with E-state index in [0.29, 0.717) is 17.5 Å². The number of carbonyl (C=O) groups excluding carboxylic acids is 1. The topological polar surface area (TPSA) is 63.1 Å². The second-order valence-corrected chi connectivity index (χ2v) is 8.97. The predicted molar refractivity (Wildman–Crippen MR) is 125 cm³/mol. The third-order valence-electron chi connectivity index (χ3n) is 5.50. The second kappa shape index (κ2) is 10.6. The van der Waals surface area contributed by atoms with Gasteiger partial charge in [-0.2, -0.15) is 0 Å². The summed E-state index contributed by atoms with van der Waals surface area (Å²) < 4.78 is 2.02. The maximum atomic E-state index is 12.4. The largest absolute Gasteiger partial charge is 0.354 e. The molecule has 1 unspecified atom stereocenters. The zero-order valence-electron chi connectivity index (χ0n) is 17.9. The molecule has 1 aliphatic heterocycles. The number of nitrogens with one attached hydrogen (secondary N) is 1. The van der Waals surface area contributed by atoms with Crippen LogP contribution in [-0.4, -0.2) is 57.5 Å². The fourth-order valence-corrected chi connectivity index (χ4v) is 4.75. The summed E-state index contributed by atoms with van der Waals surface area (Å²) in [6.07, 6.45) is 2.57. The number of nitrogens with zero attached hydrogens (tertiary/aromatic N) is 4. The van der Waals surface area contributed by atoms with Crippen molar-refractivity contribution in [3.63, 3.8) is 0 Å². The summed E-state index contributed by atoms with van der Waals surface area (Å²) in [7, 11) is 0. The number of piperidine rings is 1. The molecule has 1 amide bonds. The van der Waals surface area contributed by atoms with Gasteiger partial charge in [0.2, 0.25) is 5.91 Å². The Morgan fingerprint density at radius 3 is 2.58 bits per heavy atom. The summed E-state index contributed by atoms with van der Waals surface area (Å²) in [4.78, 5) is 14.9. The number of hydrogen-bond acceptors (Lipinski definition) is 5. The molecule has 31 heavy (non-hydrogen) atoms. The zero-order chi connectivity index (χ0) is 21.5. The SMILES string of the molecule is CC1CCCN(CCNC(=O)CSc2nnc(-c3ccccc3)n2-c2ccccc2)C1. The zero-order valence-corrected chi connectivity index (χ0v) is 18.7. The number of amides is 1. The minimum Gasteiger partial charge on any atom is -0.354 e. The Balaban J connectivity index is 1.39. The Hall–Kier alpha value is -2.64. The van der Waals surface area contributed by atoms with Crippen molar-refractivity contribution < 1.29 is 4.79 Å². The first-order valence-corrected chi connectivity index (χ1v) is 11.9. The third kappa shape index (κ3) is 5.74. The Morgan fingerprint density at radius 1 is 1.10 bits per heavy atom. The van der Waals surface area contributed by atoms with Gasteiger partial charge in [0, 0.05) is 30.9 Å². The van der Waals surface area contributed by atoms with Gasteiger partial charge in [-0.05, 0) is 37.4 Å². The lowest BCUT2D eigenvalue weighted by Gasteiger charge is -2.30. The van der Waals surface area contributed by atoms with Crippen molar-refractivity contribution >= 4 is 17.7 Å². The molecule has 3 aromatic rings. The van der Waals surface area contributed by atoms with Crippen molar-refractivity contribution in [1.82, 2.24) is 25.0 Å². The molecule has 1 atom stereocenters. The fourth-order valence-electron chi connectivity index (χ4n) is 3.97. The van der Waals surface area contributed by atoms with Gasteiger partial charge in [0.25, 0.3) is 0 Å². The maximum absolute atomic E-state index is 12.4. The van der Waals surface area contributed by atoms with Crippen LogP contribution in [0.2, 0.25) is 0 Å². The van der Waals surface area contributed by atoms with Gasteiger partial charge in [0.05, 0.1) is 5.75 Å². The van der Waals surface area contributed by atoms with Gasteiger partial charge in [0.15, 0.2) is 11.0 Å². The summed E-state index contributed by atoms with van der Waals surface area (Å²) in [6.45, 7) is 6.17. The molecular formula is C24H29N5OS. The van der Waals surface area contributed by atoms with Crippen LogP contribution in [0.3, 0.4) is 0 Å². The van der Waals surface area contributed by atoms with Gasteiger partial charge in [0.1, 0.15) is 0 Å². The first-order valence-electron chi connectivity index (χ1n) is 10.9. The molecule has 0 radical (unpaired) electrons. The quantitative estimate of drug-likeness (QED) is 0.544. The lowest BCUT2D eigenvalue weighted by atomic mass is 10.0. The Bertz CT molecular complexity index is 976. The highest BCUT2D eigenvalue weighted by Crippen LogP contribution is 2.27. The van der Waals surface area contributed by atoms with E-state index < -0.39 is 0 Å². The van der Waals surface area contributed by atoms with Gasteiger partial charge in [-0.3, -0.25) is 9.36 Å². The van der Waals surface area contributed by atoms with E-state index in [-0.39, 0.29) is 5.91 Å². The summed E-state index contributed by atoms with van der Waals surface area (Å²) in [5, 5.41) is 12.6. The highest BCUT2D eigenvalue weighted by Gasteiger charge is 2.18. The molecular weight excluding hydrogens is 406 g/mol. The van der Waals surface area contributed by atoms with Crippen LogP contribution in [0, 0.1) is 5.92 Å². The Morgan fingerprint density at radius 2 is 1.84 bits per heavy atom. The second-order valence-electron chi connectivity index (χ2n) is 8.03. The van der Waals surface area contributed by atoms with Gasteiger partial charge < -0.3 is 10.2 Å². The highest BCUT2D eigenvalue weighted by molar-refractivity contribution is 7.99. The van der Waals surface area contributed by atoms with Crippen LogP contribution in [0.15, 0.2) is 65.8 Å². The molecule has 1 N–H and O–H groups in total. The van der Waals surface area contributed by atoms with E-state index in [1.54, 1.807) is 0 Å². The van der Waals surface area contributed by atoms with Crippen molar-refractivity contribution in [3.05, 3.63) is 60.7 Å². The average molecular weight is 436 g/mol. The average Bonchev–Trinajstić information content (AvgIpc) is 3.23. The number of benzene rings is 2. The molecule has 6 nitrogen and oxygen atoms in total. The molecule has 1 aromatic heterocycles. The number of thioether (sulfide) groups is 1. The minimum absolute atomic E-state index is 0.0268. The number of aromatic nitrogens is 3. The van der Waals surface area contributed by atoms with Crippen LogP contribution >= 0.6 is 11.8 Å². The van der Waals surface area contributed by atoms with Crippen LogP contribution in [0.25, 0.3) is 17.1 Å². The molecule has 1 fully saturated rings. The van der Waals surface area contributed by atoms with Crippen molar-refractivity contribution in [2.45, 2.75) is 24.9 Å². The van der Waals surface area contributed by atoms with Gasteiger partial charge in [-0.15, -0.1) is 10.2 Å². The van der Waals surface area contributed by atoms with E-state index in [4.69, 9.17) is 0 Å². The molecule has 0 aliphatic carbocycles. The lowest BCUT2D eigenvalue weighted by Crippen LogP contribution is -2.40. The number of para-hydroxylation sites is 1. The van der Waals surface area contributed by atoms with Crippen LogP contribution in [-0.2, 0) is 4.79 Å². The summed E-state index contributed by atoms with van der Waals surface area (Å²) >= 11 is 1.42. The predicted octanol–water partition coefficient (Wildman–Crippen LogP) is 3.87. The molecule has 0 spiro atoms. The molecule has 7 heteroatoms. The van der Waals surface area contributed by atoms with E-state index in [1.165, 1.54) is 24.6 Å². The number of rotatable bonds is 8. The van der Waals surface area contributed by atoms with Crippen molar-refractivity contribution in [2.75, 3.05) is 31.9 Å². The van der Waals surface area contributed by atoms with E-state index >= 15 is 0 Å². The molecule has 0 bridgehead atoms. The molecule has 1 aliphatic rings.